The summed E-state index contributed by atoms with van der Waals surface area (Å²) in [5, 5.41) is 0. The molecule has 3 nitrogen and oxygen atoms in total. The third-order valence-electron chi connectivity index (χ3n) is 2.37. The summed E-state index contributed by atoms with van der Waals surface area (Å²) in [5.41, 5.74) is 8.14. The molecule has 1 aromatic carbocycles. The van der Waals surface area contributed by atoms with Gasteiger partial charge in [0.2, 0.25) is 0 Å². The zero-order valence-corrected chi connectivity index (χ0v) is 10.3. The van der Waals surface area contributed by atoms with Crippen LogP contribution in [-0.4, -0.2) is 26.4 Å². The lowest BCUT2D eigenvalue weighted by Crippen LogP contribution is -2.19. The summed E-state index contributed by atoms with van der Waals surface area (Å²) < 4.78 is 10.7. The monoisotopic (exact) mass is 223 g/mol. The van der Waals surface area contributed by atoms with Gasteiger partial charge in [0.1, 0.15) is 12.4 Å². The summed E-state index contributed by atoms with van der Waals surface area (Å²) in [6.45, 7) is 5.23. The SMILES string of the molecule is COCCOc1c(C)cccc1CC(C)N. The smallest absolute Gasteiger partial charge is 0.125 e. The van der Waals surface area contributed by atoms with Gasteiger partial charge in [-0.3, -0.25) is 0 Å². The second-order valence-corrected chi connectivity index (χ2v) is 4.09. The molecule has 0 fully saturated rings. The number of para-hydroxylation sites is 1. The van der Waals surface area contributed by atoms with Gasteiger partial charge in [-0.2, -0.15) is 0 Å². The average molecular weight is 223 g/mol. The number of methoxy groups -OCH3 is 1. The second-order valence-electron chi connectivity index (χ2n) is 4.09. The first kappa shape index (κ1) is 13.0. The van der Waals surface area contributed by atoms with E-state index in [9.17, 15) is 0 Å². The fourth-order valence-electron chi connectivity index (χ4n) is 1.65. The number of hydrogen-bond donors (Lipinski definition) is 1. The third kappa shape index (κ3) is 3.83. The van der Waals surface area contributed by atoms with Gasteiger partial charge >= 0.3 is 0 Å². The maximum Gasteiger partial charge on any atom is 0.125 e. The van der Waals surface area contributed by atoms with Crippen LogP contribution in [0.4, 0.5) is 0 Å². The minimum Gasteiger partial charge on any atom is -0.491 e. The van der Waals surface area contributed by atoms with E-state index in [1.807, 2.05) is 26.0 Å². The molecule has 3 heteroatoms. The van der Waals surface area contributed by atoms with Crippen molar-refractivity contribution in [1.29, 1.82) is 0 Å². The van der Waals surface area contributed by atoms with E-state index in [4.69, 9.17) is 15.2 Å². The second kappa shape index (κ2) is 6.51. The van der Waals surface area contributed by atoms with Crippen molar-refractivity contribution in [3.63, 3.8) is 0 Å². The van der Waals surface area contributed by atoms with Crippen LogP contribution in [0.1, 0.15) is 18.1 Å². The highest BCUT2D eigenvalue weighted by Crippen LogP contribution is 2.24. The topological polar surface area (TPSA) is 44.5 Å². The maximum absolute atomic E-state index is 5.82. The minimum atomic E-state index is 0.145. The van der Waals surface area contributed by atoms with Crippen LogP contribution in [0.2, 0.25) is 0 Å². The zero-order valence-electron chi connectivity index (χ0n) is 10.3. The predicted molar refractivity (Wildman–Crippen MR) is 65.9 cm³/mol. The van der Waals surface area contributed by atoms with Crippen LogP contribution in [0.15, 0.2) is 18.2 Å². The first-order chi connectivity index (χ1) is 7.65. The fraction of sp³-hybridized carbons (Fsp3) is 0.538. The van der Waals surface area contributed by atoms with Gasteiger partial charge in [0.15, 0.2) is 0 Å². The Hall–Kier alpha value is -1.06. The highest BCUT2D eigenvalue weighted by atomic mass is 16.5. The zero-order chi connectivity index (χ0) is 12.0. The molecule has 0 amide bonds. The number of rotatable bonds is 6. The highest BCUT2D eigenvalue weighted by molar-refractivity contribution is 5.41. The van der Waals surface area contributed by atoms with E-state index in [-0.39, 0.29) is 6.04 Å². The van der Waals surface area contributed by atoms with Gasteiger partial charge in [-0.25, -0.2) is 0 Å². The average Bonchev–Trinajstić information content (AvgIpc) is 2.21. The Balaban J connectivity index is 2.77. The van der Waals surface area contributed by atoms with Crippen molar-refractivity contribution in [2.45, 2.75) is 26.3 Å². The van der Waals surface area contributed by atoms with E-state index in [0.29, 0.717) is 13.2 Å². The summed E-state index contributed by atoms with van der Waals surface area (Å²) in [6, 6.07) is 6.30. The number of benzene rings is 1. The highest BCUT2D eigenvalue weighted by Gasteiger charge is 2.08. The van der Waals surface area contributed by atoms with Crippen LogP contribution in [0.25, 0.3) is 0 Å². The molecule has 0 aliphatic heterocycles. The molecule has 0 heterocycles. The molecular formula is C13H21NO2. The Kier molecular flexibility index (Phi) is 5.29. The molecule has 2 N–H and O–H groups in total. The van der Waals surface area contributed by atoms with E-state index in [1.54, 1.807) is 7.11 Å². The van der Waals surface area contributed by atoms with E-state index in [0.717, 1.165) is 17.7 Å². The number of ether oxygens (including phenoxy) is 2. The molecule has 0 radical (unpaired) electrons. The Morgan fingerprint density at radius 2 is 2.06 bits per heavy atom. The molecule has 0 spiro atoms. The van der Waals surface area contributed by atoms with E-state index < -0.39 is 0 Å². The molecule has 0 aromatic heterocycles. The summed E-state index contributed by atoms with van der Waals surface area (Å²) in [6.07, 6.45) is 0.837. The lowest BCUT2D eigenvalue weighted by Gasteiger charge is -2.15. The molecule has 0 bridgehead atoms. The summed E-state index contributed by atoms with van der Waals surface area (Å²) in [4.78, 5) is 0. The molecule has 1 atom stereocenters. The van der Waals surface area contributed by atoms with Gasteiger partial charge in [-0.1, -0.05) is 18.2 Å². The molecule has 1 rings (SSSR count). The van der Waals surface area contributed by atoms with Gasteiger partial charge in [0.25, 0.3) is 0 Å². The maximum atomic E-state index is 5.82. The minimum absolute atomic E-state index is 0.145. The largest absolute Gasteiger partial charge is 0.491 e. The first-order valence-corrected chi connectivity index (χ1v) is 5.61. The van der Waals surface area contributed by atoms with Crippen LogP contribution < -0.4 is 10.5 Å². The third-order valence-corrected chi connectivity index (χ3v) is 2.37. The Morgan fingerprint density at radius 3 is 2.69 bits per heavy atom. The van der Waals surface area contributed by atoms with Crippen molar-refractivity contribution in [2.75, 3.05) is 20.3 Å². The predicted octanol–water partition coefficient (Wildman–Crippen LogP) is 1.91. The molecule has 90 valence electrons. The van der Waals surface area contributed by atoms with Crippen molar-refractivity contribution in [3.05, 3.63) is 29.3 Å². The molecule has 16 heavy (non-hydrogen) atoms. The Morgan fingerprint density at radius 1 is 1.31 bits per heavy atom. The van der Waals surface area contributed by atoms with Gasteiger partial charge < -0.3 is 15.2 Å². The molecule has 1 unspecified atom stereocenters. The summed E-state index contributed by atoms with van der Waals surface area (Å²) >= 11 is 0. The van der Waals surface area contributed by atoms with E-state index in [2.05, 4.69) is 6.07 Å². The number of nitrogens with two attached hydrogens (primary N) is 1. The van der Waals surface area contributed by atoms with Crippen molar-refractivity contribution in [2.24, 2.45) is 5.73 Å². The van der Waals surface area contributed by atoms with Crippen molar-refractivity contribution in [1.82, 2.24) is 0 Å². The Bertz CT molecular complexity index is 324. The van der Waals surface area contributed by atoms with Gasteiger partial charge in [-0.05, 0) is 31.4 Å². The van der Waals surface area contributed by atoms with Crippen molar-refractivity contribution < 1.29 is 9.47 Å². The molecule has 1 aromatic rings. The van der Waals surface area contributed by atoms with Gasteiger partial charge in [-0.15, -0.1) is 0 Å². The normalized spacial score (nSPS) is 12.5. The Labute approximate surface area is 97.6 Å². The molecule has 0 saturated heterocycles. The summed E-state index contributed by atoms with van der Waals surface area (Å²) in [5.74, 6) is 0.955. The molecule has 0 aliphatic carbocycles. The van der Waals surface area contributed by atoms with Crippen LogP contribution in [0.3, 0.4) is 0 Å². The van der Waals surface area contributed by atoms with Crippen LogP contribution in [-0.2, 0) is 11.2 Å². The molecule has 0 saturated carbocycles. The molecular weight excluding hydrogens is 202 g/mol. The fourth-order valence-corrected chi connectivity index (χ4v) is 1.65. The van der Waals surface area contributed by atoms with E-state index in [1.165, 1.54) is 5.56 Å². The first-order valence-electron chi connectivity index (χ1n) is 5.61. The van der Waals surface area contributed by atoms with Gasteiger partial charge in [0, 0.05) is 13.2 Å². The lowest BCUT2D eigenvalue weighted by molar-refractivity contribution is 0.145. The van der Waals surface area contributed by atoms with Gasteiger partial charge in [0.05, 0.1) is 6.61 Å². The standard InChI is InChI=1S/C13H21NO2/c1-10-5-4-6-12(9-11(2)14)13(10)16-8-7-15-3/h4-6,11H,7-9,14H2,1-3H3. The van der Waals surface area contributed by atoms with E-state index >= 15 is 0 Å². The number of aryl methyl sites for hydroxylation is 1. The van der Waals surface area contributed by atoms with Crippen molar-refractivity contribution >= 4 is 0 Å². The molecule has 0 aliphatic rings. The quantitative estimate of drug-likeness (QED) is 0.749. The van der Waals surface area contributed by atoms with Crippen LogP contribution in [0.5, 0.6) is 5.75 Å². The van der Waals surface area contributed by atoms with Crippen LogP contribution in [0, 0.1) is 6.92 Å². The number of hydrogen-bond acceptors (Lipinski definition) is 3. The van der Waals surface area contributed by atoms with Crippen LogP contribution >= 0.6 is 0 Å². The summed E-state index contributed by atoms with van der Waals surface area (Å²) in [7, 11) is 1.67. The lowest BCUT2D eigenvalue weighted by atomic mass is 10.0. The van der Waals surface area contributed by atoms with Crippen molar-refractivity contribution in [3.8, 4) is 5.75 Å².